The van der Waals surface area contributed by atoms with Crippen LogP contribution in [0.4, 0.5) is 0 Å². The van der Waals surface area contributed by atoms with Crippen molar-refractivity contribution >= 4 is 34.6 Å². The third-order valence-electron chi connectivity index (χ3n) is 6.63. The van der Waals surface area contributed by atoms with Gasteiger partial charge in [-0.1, -0.05) is 68.8 Å². The molecule has 0 fully saturated rings. The second-order valence-electron chi connectivity index (χ2n) is 9.40. The van der Waals surface area contributed by atoms with Crippen molar-refractivity contribution in [1.29, 1.82) is 0 Å². The molecule has 202 valence electrons. The third kappa shape index (κ3) is 7.66. The molecule has 10 heteroatoms. The Morgan fingerprint density at radius 2 is 1.61 bits per heavy atom. The Balaban J connectivity index is 1.62. The summed E-state index contributed by atoms with van der Waals surface area (Å²) in [5, 5.41) is 18.2. The monoisotopic (exact) mass is 521 g/mol. The van der Waals surface area contributed by atoms with E-state index in [1.54, 1.807) is 6.20 Å². The third-order valence-corrected chi connectivity index (χ3v) is 6.63. The standard InChI is InChI=1S/C28H35N5O5/c1-3-17(2)25(29)27(36)33-22(13-18-9-5-4-6-10-18)26(35)31-16-24(34)32-23(28(37)38)14-19-15-30-21-12-8-7-11-20(19)21/h4-12,15,17,22-23,25,30H,3,13-14,16,29H2,1-2H3,(H,31,35)(H,32,34)(H,33,36)(H,37,38). The summed E-state index contributed by atoms with van der Waals surface area (Å²) in [6.45, 7) is 3.33. The van der Waals surface area contributed by atoms with E-state index in [2.05, 4.69) is 20.9 Å². The molecule has 0 aliphatic heterocycles. The highest BCUT2D eigenvalue weighted by atomic mass is 16.4. The summed E-state index contributed by atoms with van der Waals surface area (Å²) in [4.78, 5) is 53.2. The molecule has 4 unspecified atom stereocenters. The van der Waals surface area contributed by atoms with Crippen LogP contribution in [-0.4, -0.2) is 58.5 Å². The van der Waals surface area contributed by atoms with Crippen LogP contribution < -0.4 is 21.7 Å². The number of benzene rings is 2. The summed E-state index contributed by atoms with van der Waals surface area (Å²) >= 11 is 0. The highest BCUT2D eigenvalue weighted by Crippen LogP contribution is 2.19. The number of amides is 3. The van der Waals surface area contributed by atoms with Crippen molar-refractivity contribution < 1.29 is 24.3 Å². The minimum Gasteiger partial charge on any atom is -0.480 e. The summed E-state index contributed by atoms with van der Waals surface area (Å²) in [5.74, 6) is -2.96. The zero-order valence-electron chi connectivity index (χ0n) is 21.6. The van der Waals surface area contributed by atoms with Crippen molar-refractivity contribution in [2.45, 2.75) is 51.2 Å². The van der Waals surface area contributed by atoms with Gasteiger partial charge in [0, 0.05) is 29.9 Å². The second kappa shape index (κ2) is 13.4. The van der Waals surface area contributed by atoms with E-state index in [1.165, 1.54) is 0 Å². The average Bonchev–Trinajstić information content (AvgIpc) is 3.33. The van der Waals surface area contributed by atoms with Crippen molar-refractivity contribution in [3.63, 3.8) is 0 Å². The van der Waals surface area contributed by atoms with E-state index < -0.39 is 48.4 Å². The molecule has 7 N–H and O–H groups in total. The van der Waals surface area contributed by atoms with Crippen molar-refractivity contribution in [3.8, 4) is 0 Å². The molecule has 2 aromatic carbocycles. The molecule has 4 atom stereocenters. The van der Waals surface area contributed by atoms with E-state index in [9.17, 15) is 24.3 Å². The van der Waals surface area contributed by atoms with Crippen LogP contribution in [0.1, 0.15) is 31.4 Å². The molecule has 1 aromatic heterocycles. The van der Waals surface area contributed by atoms with Crippen molar-refractivity contribution in [1.82, 2.24) is 20.9 Å². The SMILES string of the molecule is CCC(C)C(N)C(=O)NC(Cc1ccccc1)C(=O)NCC(=O)NC(Cc1c[nH]c2ccccc12)C(=O)O. The minimum absolute atomic E-state index is 0.0687. The summed E-state index contributed by atoms with van der Waals surface area (Å²) in [6, 6.07) is 13.7. The van der Waals surface area contributed by atoms with Gasteiger partial charge in [0.05, 0.1) is 12.6 Å². The maximum atomic E-state index is 13.0. The van der Waals surface area contributed by atoms with E-state index in [-0.39, 0.29) is 18.8 Å². The number of nitrogens with two attached hydrogens (primary N) is 1. The molecule has 1 heterocycles. The lowest BCUT2D eigenvalue weighted by atomic mass is 9.98. The van der Waals surface area contributed by atoms with Gasteiger partial charge in [-0.05, 0) is 23.1 Å². The quantitative estimate of drug-likeness (QED) is 0.199. The van der Waals surface area contributed by atoms with Crippen LogP contribution in [0.15, 0.2) is 60.8 Å². The number of carbonyl (C=O) groups is 4. The Morgan fingerprint density at radius 3 is 2.29 bits per heavy atom. The lowest BCUT2D eigenvalue weighted by molar-refractivity contribution is -0.141. The van der Waals surface area contributed by atoms with E-state index in [0.29, 0.717) is 6.42 Å². The number of fused-ring (bicyclic) bond motifs is 1. The van der Waals surface area contributed by atoms with E-state index in [1.807, 2.05) is 68.4 Å². The van der Waals surface area contributed by atoms with Crippen LogP contribution in [-0.2, 0) is 32.0 Å². The van der Waals surface area contributed by atoms with Gasteiger partial charge in [-0.25, -0.2) is 4.79 Å². The predicted molar refractivity (Wildman–Crippen MR) is 144 cm³/mol. The number of para-hydroxylation sites is 1. The van der Waals surface area contributed by atoms with Crippen molar-refractivity contribution in [2.75, 3.05) is 6.54 Å². The highest BCUT2D eigenvalue weighted by Gasteiger charge is 2.27. The molecule has 0 spiro atoms. The Morgan fingerprint density at radius 1 is 0.921 bits per heavy atom. The van der Waals surface area contributed by atoms with E-state index in [4.69, 9.17) is 5.73 Å². The Bertz CT molecular complexity index is 1260. The molecule has 0 aliphatic carbocycles. The maximum Gasteiger partial charge on any atom is 0.326 e. The molecule has 38 heavy (non-hydrogen) atoms. The molecule has 0 saturated carbocycles. The lowest BCUT2D eigenvalue weighted by Crippen LogP contribution is -2.55. The van der Waals surface area contributed by atoms with Crippen LogP contribution in [0.3, 0.4) is 0 Å². The summed E-state index contributed by atoms with van der Waals surface area (Å²) in [7, 11) is 0. The predicted octanol–water partition coefficient (Wildman–Crippen LogP) is 1.50. The van der Waals surface area contributed by atoms with Gasteiger partial charge in [0.25, 0.3) is 0 Å². The number of hydrogen-bond donors (Lipinski definition) is 6. The fourth-order valence-electron chi connectivity index (χ4n) is 4.10. The zero-order chi connectivity index (χ0) is 27.7. The summed E-state index contributed by atoms with van der Waals surface area (Å²) in [5.41, 5.74) is 8.48. The minimum atomic E-state index is -1.19. The van der Waals surface area contributed by atoms with Gasteiger partial charge < -0.3 is 31.8 Å². The highest BCUT2D eigenvalue weighted by molar-refractivity contribution is 5.93. The molecule has 3 aromatic rings. The number of aromatic amines is 1. The number of rotatable bonds is 13. The summed E-state index contributed by atoms with van der Waals surface area (Å²) in [6.07, 6.45) is 2.69. The molecular weight excluding hydrogens is 486 g/mol. The molecule has 0 radical (unpaired) electrons. The molecule has 3 rings (SSSR count). The smallest absolute Gasteiger partial charge is 0.326 e. The first-order valence-corrected chi connectivity index (χ1v) is 12.6. The van der Waals surface area contributed by atoms with Gasteiger partial charge in [-0.2, -0.15) is 0 Å². The number of carboxylic acid groups (broad SMARTS) is 1. The van der Waals surface area contributed by atoms with Crippen LogP contribution in [0.25, 0.3) is 10.9 Å². The van der Waals surface area contributed by atoms with Crippen molar-refractivity contribution in [3.05, 3.63) is 71.9 Å². The Hall–Kier alpha value is -4.18. The lowest BCUT2D eigenvalue weighted by Gasteiger charge is -2.23. The number of nitrogens with one attached hydrogen (secondary N) is 4. The van der Waals surface area contributed by atoms with Crippen molar-refractivity contribution in [2.24, 2.45) is 11.7 Å². The first kappa shape index (κ1) is 28.4. The maximum absolute atomic E-state index is 13.0. The first-order valence-electron chi connectivity index (χ1n) is 12.6. The number of carbonyl (C=O) groups excluding carboxylic acids is 3. The number of H-pyrrole nitrogens is 1. The fourth-order valence-corrected chi connectivity index (χ4v) is 4.10. The topological polar surface area (TPSA) is 166 Å². The molecule has 0 aliphatic rings. The van der Waals surface area contributed by atoms with Crippen LogP contribution in [0.2, 0.25) is 0 Å². The van der Waals surface area contributed by atoms with E-state index >= 15 is 0 Å². The number of aromatic nitrogens is 1. The van der Waals surface area contributed by atoms with Gasteiger partial charge in [-0.15, -0.1) is 0 Å². The Labute approximate surface area is 221 Å². The zero-order valence-corrected chi connectivity index (χ0v) is 21.6. The number of aliphatic carboxylic acids is 1. The second-order valence-corrected chi connectivity index (χ2v) is 9.40. The molecule has 3 amide bonds. The van der Waals surface area contributed by atoms with Gasteiger partial charge >= 0.3 is 5.97 Å². The van der Waals surface area contributed by atoms with Gasteiger partial charge in [-0.3, -0.25) is 14.4 Å². The molecule has 0 bridgehead atoms. The Kier molecular flexibility index (Phi) is 10.0. The van der Waals surface area contributed by atoms with E-state index in [0.717, 1.165) is 22.0 Å². The van der Waals surface area contributed by atoms with Crippen LogP contribution in [0.5, 0.6) is 0 Å². The number of hydrogen-bond acceptors (Lipinski definition) is 5. The van der Waals surface area contributed by atoms with Gasteiger partial charge in [0.2, 0.25) is 17.7 Å². The summed E-state index contributed by atoms with van der Waals surface area (Å²) < 4.78 is 0. The van der Waals surface area contributed by atoms with Crippen LogP contribution >= 0.6 is 0 Å². The van der Waals surface area contributed by atoms with Crippen LogP contribution in [0, 0.1) is 5.92 Å². The normalized spacial score (nSPS) is 14.2. The first-order chi connectivity index (χ1) is 18.2. The van der Waals surface area contributed by atoms with Gasteiger partial charge in [0.15, 0.2) is 0 Å². The molecular formula is C28H35N5O5. The number of carboxylic acids is 1. The molecule has 0 saturated heterocycles. The van der Waals surface area contributed by atoms with Gasteiger partial charge in [0.1, 0.15) is 12.1 Å². The molecule has 10 nitrogen and oxygen atoms in total. The average molecular weight is 522 g/mol. The largest absolute Gasteiger partial charge is 0.480 e. The fraction of sp³-hybridized carbons (Fsp3) is 0.357.